The first-order valence-electron chi connectivity index (χ1n) is 9.28. The summed E-state index contributed by atoms with van der Waals surface area (Å²) in [6.07, 6.45) is 0. The van der Waals surface area contributed by atoms with Crippen molar-refractivity contribution in [3.8, 4) is 11.5 Å². The van der Waals surface area contributed by atoms with Crippen LogP contribution in [0.4, 0.5) is 0 Å². The van der Waals surface area contributed by atoms with Crippen molar-refractivity contribution in [2.24, 2.45) is 0 Å². The molecule has 152 valence electrons. The normalized spacial score (nSPS) is 10.0. The van der Waals surface area contributed by atoms with Crippen LogP contribution in [0.3, 0.4) is 0 Å². The molecule has 0 unspecified atom stereocenters. The minimum Gasteiger partial charge on any atom is -0.457 e. The number of para-hydroxylation sites is 1. The highest BCUT2D eigenvalue weighted by Gasteiger charge is 2.10. The maximum Gasteiger partial charge on any atom is 0.269 e. The summed E-state index contributed by atoms with van der Waals surface area (Å²) in [5.41, 5.74) is 6.40. The van der Waals surface area contributed by atoms with Crippen LogP contribution in [0.15, 0.2) is 78.9 Å². The van der Waals surface area contributed by atoms with Gasteiger partial charge < -0.3 is 10.1 Å². The standard InChI is InChI=1S/C23H21N3O4/c1-16-7-9-18(10-8-16)23(29)26-25-21(27)15-24-22(28)17-11-13-20(14-12-17)30-19-5-3-2-4-6-19/h2-14H,15H2,1H3,(H,24,28)(H,25,27)(H,26,29). The van der Waals surface area contributed by atoms with E-state index in [9.17, 15) is 14.4 Å². The number of nitrogens with one attached hydrogen (secondary N) is 3. The van der Waals surface area contributed by atoms with Crippen LogP contribution in [-0.4, -0.2) is 24.3 Å². The highest BCUT2D eigenvalue weighted by atomic mass is 16.5. The number of rotatable bonds is 6. The number of benzene rings is 3. The minimum absolute atomic E-state index is 0.282. The zero-order chi connectivity index (χ0) is 21.3. The number of hydrazine groups is 1. The van der Waals surface area contributed by atoms with Crippen molar-refractivity contribution in [1.82, 2.24) is 16.2 Å². The van der Waals surface area contributed by atoms with E-state index in [4.69, 9.17) is 4.74 Å². The second-order valence-corrected chi connectivity index (χ2v) is 6.49. The third-order valence-electron chi connectivity index (χ3n) is 4.13. The van der Waals surface area contributed by atoms with Gasteiger partial charge in [-0.1, -0.05) is 35.9 Å². The van der Waals surface area contributed by atoms with Gasteiger partial charge >= 0.3 is 0 Å². The molecule has 0 aliphatic heterocycles. The summed E-state index contributed by atoms with van der Waals surface area (Å²) in [5, 5.41) is 2.50. The second kappa shape index (κ2) is 9.88. The average molecular weight is 403 g/mol. The van der Waals surface area contributed by atoms with Crippen molar-refractivity contribution in [3.63, 3.8) is 0 Å². The fraction of sp³-hybridized carbons (Fsp3) is 0.0870. The first-order valence-corrected chi connectivity index (χ1v) is 9.28. The average Bonchev–Trinajstić information content (AvgIpc) is 2.77. The number of amides is 3. The number of carbonyl (C=O) groups is 3. The highest BCUT2D eigenvalue weighted by molar-refractivity contribution is 5.98. The molecule has 0 spiro atoms. The summed E-state index contributed by atoms with van der Waals surface area (Å²) in [7, 11) is 0. The molecule has 0 heterocycles. The SMILES string of the molecule is Cc1ccc(C(=O)NNC(=O)CNC(=O)c2ccc(Oc3ccccc3)cc2)cc1. The molecule has 0 radical (unpaired) electrons. The number of hydrogen-bond acceptors (Lipinski definition) is 4. The van der Waals surface area contributed by atoms with Crippen LogP contribution in [0.5, 0.6) is 11.5 Å². The molecular weight excluding hydrogens is 382 g/mol. The largest absolute Gasteiger partial charge is 0.457 e. The van der Waals surface area contributed by atoms with Gasteiger partial charge in [0, 0.05) is 11.1 Å². The first-order chi connectivity index (χ1) is 14.5. The smallest absolute Gasteiger partial charge is 0.269 e. The summed E-state index contributed by atoms with van der Waals surface area (Å²) in [4.78, 5) is 36.0. The zero-order valence-electron chi connectivity index (χ0n) is 16.3. The number of hydrogen-bond donors (Lipinski definition) is 3. The molecular formula is C23H21N3O4. The number of aryl methyl sites for hydroxylation is 1. The highest BCUT2D eigenvalue weighted by Crippen LogP contribution is 2.21. The molecule has 0 fully saturated rings. The second-order valence-electron chi connectivity index (χ2n) is 6.49. The van der Waals surface area contributed by atoms with Crippen molar-refractivity contribution in [2.75, 3.05) is 6.54 Å². The molecule has 0 aliphatic rings. The lowest BCUT2D eigenvalue weighted by Crippen LogP contribution is -2.46. The predicted molar refractivity (Wildman–Crippen MR) is 112 cm³/mol. The van der Waals surface area contributed by atoms with Gasteiger partial charge in [0.1, 0.15) is 11.5 Å². The molecule has 0 aliphatic carbocycles. The van der Waals surface area contributed by atoms with Crippen LogP contribution >= 0.6 is 0 Å². The Hall–Kier alpha value is -4.13. The van der Waals surface area contributed by atoms with Gasteiger partial charge in [-0.3, -0.25) is 25.2 Å². The molecule has 3 amide bonds. The van der Waals surface area contributed by atoms with E-state index in [0.29, 0.717) is 22.6 Å². The lowest BCUT2D eigenvalue weighted by atomic mass is 10.1. The van der Waals surface area contributed by atoms with Crippen molar-refractivity contribution in [1.29, 1.82) is 0 Å². The summed E-state index contributed by atoms with van der Waals surface area (Å²) >= 11 is 0. The summed E-state index contributed by atoms with van der Waals surface area (Å²) in [6.45, 7) is 1.63. The van der Waals surface area contributed by atoms with E-state index < -0.39 is 17.7 Å². The fourth-order valence-corrected chi connectivity index (χ4v) is 2.51. The monoisotopic (exact) mass is 403 g/mol. The Morgan fingerprint density at radius 1 is 0.700 bits per heavy atom. The van der Waals surface area contributed by atoms with E-state index in [1.54, 1.807) is 48.5 Å². The van der Waals surface area contributed by atoms with Crippen molar-refractivity contribution in [3.05, 3.63) is 95.6 Å². The van der Waals surface area contributed by atoms with Crippen molar-refractivity contribution < 1.29 is 19.1 Å². The van der Waals surface area contributed by atoms with E-state index in [1.165, 1.54) is 0 Å². The Balaban J connectivity index is 1.43. The molecule has 7 nitrogen and oxygen atoms in total. The van der Waals surface area contributed by atoms with E-state index in [1.807, 2.05) is 37.3 Å². The van der Waals surface area contributed by atoms with Gasteiger partial charge in [-0.05, 0) is 55.5 Å². The van der Waals surface area contributed by atoms with E-state index in [0.717, 1.165) is 5.56 Å². The van der Waals surface area contributed by atoms with Gasteiger partial charge in [0.25, 0.3) is 17.7 Å². The molecule has 0 saturated carbocycles. The Morgan fingerprint density at radius 2 is 1.27 bits per heavy atom. The lowest BCUT2D eigenvalue weighted by molar-refractivity contribution is -0.120. The van der Waals surface area contributed by atoms with Crippen molar-refractivity contribution >= 4 is 17.7 Å². The van der Waals surface area contributed by atoms with Gasteiger partial charge in [0.2, 0.25) is 0 Å². The van der Waals surface area contributed by atoms with Crippen LogP contribution in [0.2, 0.25) is 0 Å². The molecule has 0 bridgehead atoms. The topological polar surface area (TPSA) is 96.5 Å². The van der Waals surface area contributed by atoms with Crippen molar-refractivity contribution in [2.45, 2.75) is 6.92 Å². The number of carbonyl (C=O) groups excluding carboxylic acids is 3. The molecule has 0 atom stereocenters. The van der Waals surface area contributed by atoms with Crippen LogP contribution < -0.4 is 20.9 Å². The Labute approximate surface area is 174 Å². The van der Waals surface area contributed by atoms with Gasteiger partial charge in [-0.25, -0.2) is 0 Å². The Kier molecular flexibility index (Phi) is 6.78. The third kappa shape index (κ3) is 5.93. The fourth-order valence-electron chi connectivity index (χ4n) is 2.51. The number of ether oxygens (including phenoxy) is 1. The maximum atomic E-state index is 12.2. The predicted octanol–water partition coefficient (Wildman–Crippen LogP) is 2.98. The van der Waals surface area contributed by atoms with E-state index in [-0.39, 0.29) is 6.54 Å². The molecule has 3 N–H and O–H groups in total. The van der Waals surface area contributed by atoms with Crippen LogP contribution in [0.25, 0.3) is 0 Å². The molecule has 7 heteroatoms. The van der Waals surface area contributed by atoms with E-state index in [2.05, 4.69) is 16.2 Å². The lowest BCUT2D eigenvalue weighted by Gasteiger charge is -2.09. The molecule has 30 heavy (non-hydrogen) atoms. The van der Waals surface area contributed by atoms with Crippen LogP contribution in [0.1, 0.15) is 26.3 Å². The minimum atomic E-state index is -0.548. The summed E-state index contributed by atoms with van der Waals surface area (Å²) < 4.78 is 5.67. The summed E-state index contributed by atoms with van der Waals surface area (Å²) in [5.74, 6) is -0.119. The van der Waals surface area contributed by atoms with Crippen LogP contribution in [0, 0.1) is 6.92 Å². The van der Waals surface area contributed by atoms with Gasteiger partial charge in [0.15, 0.2) is 0 Å². The third-order valence-corrected chi connectivity index (χ3v) is 4.13. The van der Waals surface area contributed by atoms with E-state index >= 15 is 0 Å². The molecule has 3 rings (SSSR count). The molecule has 0 aromatic heterocycles. The Morgan fingerprint density at radius 3 is 1.93 bits per heavy atom. The Bertz CT molecular complexity index is 1020. The maximum absolute atomic E-state index is 12.2. The summed E-state index contributed by atoms with van der Waals surface area (Å²) in [6, 6.07) is 22.7. The zero-order valence-corrected chi connectivity index (χ0v) is 16.3. The molecule has 3 aromatic carbocycles. The van der Waals surface area contributed by atoms with Gasteiger partial charge in [0.05, 0.1) is 6.54 Å². The van der Waals surface area contributed by atoms with Crippen LogP contribution in [-0.2, 0) is 4.79 Å². The van der Waals surface area contributed by atoms with Gasteiger partial charge in [-0.2, -0.15) is 0 Å². The first kappa shape index (κ1) is 20.6. The van der Waals surface area contributed by atoms with Gasteiger partial charge in [-0.15, -0.1) is 0 Å². The quantitative estimate of drug-likeness (QED) is 0.551. The molecule has 0 saturated heterocycles. The molecule has 3 aromatic rings.